The molecule has 0 radical (unpaired) electrons. The van der Waals surface area contributed by atoms with Gasteiger partial charge in [-0.2, -0.15) is 0 Å². The van der Waals surface area contributed by atoms with Crippen LogP contribution in [-0.2, 0) is 9.47 Å². The Morgan fingerprint density at radius 1 is 1.44 bits per heavy atom. The van der Waals surface area contributed by atoms with Crippen molar-refractivity contribution in [1.29, 1.82) is 0 Å². The van der Waals surface area contributed by atoms with E-state index >= 15 is 0 Å². The normalized spacial score (nSPS) is 45.0. The molecule has 3 nitrogen and oxygen atoms in total. The molecule has 0 atom stereocenters. The zero-order valence-corrected chi connectivity index (χ0v) is 5.89. The quantitative estimate of drug-likeness (QED) is 0.507. The van der Waals surface area contributed by atoms with Crippen molar-refractivity contribution >= 4 is 0 Å². The fourth-order valence-electron chi connectivity index (χ4n) is 0.705. The molecule has 1 heterocycles. The van der Waals surface area contributed by atoms with Gasteiger partial charge in [0, 0.05) is 0 Å². The second kappa shape index (κ2) is 2.25. The highest BCUT2D eigenvalue weighted by Crippen LogP contribution is 2.11. The first-order chi connectivity index (χ1) is 4.10. The summed E-state index contributed by atoms with van der Waals surface area (Å²) in [6, 6.07) is 0. The molecule has 2 N–H and O–H groups in total. The van der Waals surface area contributed by atoms with Crippen LogP contribution in [0.15, 0.2) is 0 Å². The number of rotatable bonds is 0. The highest BCUT2D eigenvalue weighted by Gasteiger charge is 2.26. The van der Waals surface area contributed by atoms with E-state index in [1.165, 1.54) is 0 Å². The minimum atomic E-state index is -0.285. The first kappa shape index (κ1) is 6.99. The Bertz CT molecular complexity index is 93.2. The number of hydrogen-bond acceptors (Lipinski definition) is 3. The summed E-state index contributed by atoms with van der Waals surface area (Å²) < 4.78 is 10.3. The van der Waals surface area contributed by atoms with Crippen LogP contribution in [0.4, 0.5) is 0 Å². The summed E-state index contributed by atoms with van der Waals surface area (Å²) in [7, 11) is 0. The van der Waals surface area contributed by atoms with Crippen molar-refractivity contribution in [1.82, 2.24) is 0 Å². The lowest BCUT2D eigenvalue weighted by Crippen LogP contribution is -2.51. The molecule has 0 unspecified atom stereocenters. The Hall–Kier alpha value is -0.120. The molecular weight excluding hydrogens is 118 g/mol. The van der Waals surface area contributed by atoms with Crippen LogP contribution in [0, 0.1) is 0 Å². The summed E-state index contributed by atoms with van der Waals surface area (Å²) in [5.74, 6) is 0. The number of ether oxygens (including phenoxy) is 2. The maximum atomic E-state index is 5.69. The van der Waals surface area contributed by atoms with Gasteiger partial charge in [0.1, 0.15) is 0 Å². The van der Waals surface area contributed by atoms with Gasteiger partial charge < -0.3 is 15.2 Å². The van der Waals surface area contributed by atoms with Gasteiger partial charge >= 0.3 is 0 Å². The second-order valence-electron chi connectivity index (χ2n) is 2.84. The van der Waals surface area contributed by atoms with Gasteiger partial charge in [-0.15, -0.1) is 0 Å². The minimum Gasteiger partial charge on any atom is -0.351 e. The Morgan fingerprint density at radius 3 is 2.22 bits per heavy atom. The van der Waals surface area contributed by atoms with Gasteiger partial charge in [0.15, 0.2) is 6.29 Å². The van der Waals surface area contributed by atoms with Gasteiger partial charge in [-0.25, -0.2) is 0 Å². The molecule has 0 spiro atoms. The zero-order valence-electron chi connectivity index (χ0n) is 5.89. The lowest BCUT2D eigenvalue weighted by Gasteiger charge is -2.32. The molecule has 0 aromatic rings. The van der Waals surface area contributed by atoms with E-state index in [-0.39, 0.29) is 11.8 Å². The summed E-state index contributed by atoms with van der Waals surface area (Å²) in [5.41, 5.74) is 5.40. The molecule has 0 amide bonds. The van der Waals surface area contributed by atoms with Crippen LogP contribution in [0.5, 0.6) is 0 Å². The summed E-state index contributed by atoms with van der Waals surface area (Å²) >= 11 is 0. The Balaban J connectivity index is 2.35. The standard InChI is InChI=1S/C6H13NO2/c1-5-8-3-6(2,7)4-9-5/h5H,3-4,7H2,1-2H3. The third-order valence-electron chi connectivity index (χ3n) is 1.30. The maximum absolute atomic E-state index is 5.69. The third kappa shape index (κ3) is 1.93. The molecule has 0 aromatic heterocycles. The van der Waals surface area contributed by atoms with E-state index in [9.17, 15) is 0 Å². The summed E-state index contributed by atoms with van der Waals surface area (Å²) in [6.07, 6.45) is -0.0818. The highest BCUT2D eigenvalue weighted by molar-refractivity contribution is 4.79. The first-order valence-electron chi connectivity index (χ1n) is 3.12. The van der Waals surface area contributed by atoms with Gasteiger partial charge in [0.2, 0.25) is 0 Å². The van der Waals surface area contributed by atoms with Crippen LogP contribution in [0.1, 0.15) is 13.8 Å². The molecule has 1 fully saturated rings. The van der Waals surface area contributed by atoms with Gasteiger partial charge in [0.25, 0.3) is 0 Å². The van der Waals surface area contributed by atoms with Crippen LogP contribution in [0.2, 0.25) is 0 Å². The molecule has 0 aromatic carbocycles. The largest absolute Gasteiger partial charge is 0.351 e. The second-order valence-corrected chi connectivity index (χ2v) is 2.84. The molecule has 1 saturated heterocycles. The average molecular weight is 131 g/mol. The van der Waals surface area contributed by atoms with Crippen LogP contribution in [0.3, 0.4) is 0 Å². The van der Waals surface area contributed by atoms with E-state index in [4.69, 9.17) is 15.2 Å². The van der Waals surface area contributed by atoms with Crippen molar-refractivity contribution < 1.29 is 9.47 Å². The summed E-state index contributed by atoms with van der Waals surface area (Å²) in [4.78, 5) is 0. The molecule has 0 aliphatic carbocycles. The van der Waals surface area contributed by atoms with Crippen molar-refractivity contribution in [2.75, 3.05) is 13.2 Å². The molecule has 3 heteroatoms. The molecule has 1 rings (SSSR count). The summed E-state index contributed by atoms with van der Waals surface area (Å²) in [5, 5.41) is 0. The average Bonchev–Trinajstić information content (AvgIpc) is 1.78. The third-order valence-corrected chi connectivity index (χ3v) is 1.30. The van der Waals surface area contributed by atoms with Crippen molar-refractivity contribution in [3.05, 3.63) is 0 Å². The van der Waals surface area contributed by atoms with E-state index < -0.39 is 0 Å². The molecule has 0 saturated carbocycles. The van der Waals surface area contributed by atoms with E-state index in [1.807, 2.05) is 13.8 Å². The SMILES string of the molecule is CC1OCC(C)(N)CO1. The fraction of sp³-hybridized carbons (Fsp3) is 1.00. The zero-order chi connectivity index (χ0) is 6.91. The van der Waals surface area contributed by atoms with Crippen molar-refractivity contribution in [3.63, 3.8) is 0 Å². The van der Waals surface area contributed by atoms with Gasteiger partial charge in [-0.1, -0.05) is 0 Å². The van der Waals surface area contributed by atoms with E-state index in [0.717, 1.165) is 0 Å². The number of nitrogens with two attached hydrogens (primary N) is 1. The topological polar surface area (TPSA) is 44.5 Å². The Kier molecular flexibility index (Phi) is 1.75. The van der Waals surface area contributed by atoms with Crippen molar-refractivity contribution in [2.45, 2.75) is 25.7 Å². The van der Waals surface area contributed by atoms with Gasteiger partial charge in [-0.05, 0) is 13.8 Å². The van der Waals surface area contributed by atoms with E-state index in [0.29, 0.717) is 13.2 Å². The molecule has 1 aliphatic rings. The molecule has 54 valence electrons. The molecule has 1 aliphatic heterocycles. The highest BCUT2D eigenvalue weighted by atomic mass is 16.7. The van der Waals surface area contributed by atoms with Gasteiger partial charge in [0.05, 0.1) is 18.8 Å². The minimum absolute atomic E-state index is 0.0818. The predicted octanol–water partition coefficient (Wildman–Crippen LogP) is 0.0966. The predicted molar refractivity (Wildman–Crippen MR) is 34.0 cm³/mol. The van der Waals surface area contributed by atoms with Crippen molar-refractivity contribution in [3.8, 4) is 0 Å². The van der Waals surface area contributed by atoms with Crippen LogP contribution in [-0.4, -0.2) is 25.0 Å². The summed E-state index contributed by atoms with van der Waals surface area (Å²) in [6.45, 7) is 4.97. The lowest BCUT2D eigenvalue weighted by atomic mass is 10.1. The van der Waals surface area contributed by atoms with Crippen LogP contribution >= 0.6 is 0 Å². The molecule has 0 bridgehead atoms. The Morgan fingerprint density at radius 2 is 1.89 bits per heavy atom. The molecule has 9 heavy (non-hydrogen) atoms. The van der Waals surface area contributed by atoms with Crippen LogP contribution in [0.25, 0.3) is 0 Å². The van der Waals surface area contributed by atoms with Gasteiger partial charge in [-0.3, -0.25) is 0 Å². The number of hydrogen-bond donors (Lipinski definition) is 1. The Labute approximate surface area is 55.1 Å². The monoisotopic (exact) mass is 131 g/mol. The molecular formula is C6H13NO2. The van der Waals surface area contributed by atoms with Crippen LogP contribution < -0.4 is 5.73 Å². The first-order valence-corrected chi connectivity index (χ1v) is 3.12. The van der Waals surface area contributed by atoms with E-state index in [1.54, 1.807) is 0 Å². The van der Waals surface area contributed by atoms with E-state index in [2.05, 4.69) is 0 Å². The smallest absolute Gasteiger partial charge is 0.154 e. The lowest BCUT2D eigenvalue weighted by molar-refractivity contribution is -0.193. The maximum Gasteiger partial charge on any atom is 0.154 e. The fourth-order valence-corrected chi connectivity index (χ4v) is 0.705. The van der Waals surface area contributed by atoms with Crippen molar-refractivity contribution in [2.24, 2.45) is 5.73 Å².